The highest BCUT2D eigenvalue weighted by Crippen LogP contribution is 2.21. The Morgan fingerprint density at radius 2 is 2.12 bits per heavy atom. The Labute approximate surface area is 155 Å². The van der Waals surface area contributed by atoms with Gasteiger partial charge < -0.3 is 19.9 Å². The van der Waals surface area contributed by atoms with Crippen LogP contribution in [0.25, 0.3) is 10.9 Å². The number of nitrogens with one attached hydrogen (secondary N) is 2. The number of hydrogen-bond donors (Lipinski definition) is 2. The number of carbonyl (C=O) groups is 1. The van der Waals surface area contributed by atoms with Crippen LogP contribution in [-0.2, 0) is 11.3 Å². The third kappa shape index (κ3) is 2.94. The van der Waals surface area contributed by atoms with Crippen LogP contribution in [0.15, 0.2) is 27.8 Å². The lowest BCUT2D eigenvalue weighted by molar-refractivity contribution is -0.0364. The van der Waals surface area contributed by atoms with Crippen LogP contribution < -0.4 is 16.6 Å². The number of morpholine rings is 1. The second-order valence-electron chi connectivity index (χ2n) is 6.37. The Morgan fingerprint density at radius 1 is 1.31 bits per heavy atom. The van der Waals surface area contributed by atoms with Crippen molar-refractivity contribution in [3.63, 3.8) is 0 Å². The van der Waals surface area contributed by atoms with Gasteiger partial charge in [0.15, 0.2) is 0 Å². The minimum atomic E-state index is -0.462. The van der Waals surface area contributed by atoms with Crippen molar-refractivity contribution in [2.24, 2.45) is 0 Å². The summed E-state index contributed by atoms with van der Waals surface area (Å²) in [5.41, 5.74) is 0.0481. The third-order valence-corrected chi connectivity index (χ3v) is 5.00. The molecule has 8 nitrogen and oxygen atoms in total. The lowest BCUT2D eigenvalue weighted by atomic mass is 10.1. The molecule has 0 unspecified atom stereocenters. The molecule has 1 aromatic heterocycles. The van der Waals surface area contributed by atoms with E-state index in [0.717, 1.165) is 11.1 Å². The van der Waals surface area contributed by atoms with Crippen molar-refractivity contribution in [2.45, 2.75) is 25.6 Å². The van der Waals surface area contributed by atoms with Crippen molar-refractivity contribution in [1.29, 1.82) is 0 Å². The van der Waals surface area contributed by atoms with E-state index in [2.05, 4.69) is 10.3 Å². The van der Waals surface area contributed by atoms with Crippen molar-refractivity contribution < 1.29 is 9.53 Å². The number of carbonyl (C=O) groups excluding carboxylic acids is 1. The maximum absolute atomic E-state index is 12.9. The van der Waals surface area contributed by atoms with Gasteiger partial charge >= 0.3 is 5.69 Å². The van der Waals surface area contributed by atoms with Crippen molar-refractivity contribution in [1.82, 2.24) is 19.8 Å². The molecular formula is C17H21ClN4O4. The molecule has 1 aromatic carbocycles. The summed E-state index contributed by atoms with van der Waals surface area (Å²) in [5.74, 6) is -0.107. The first kappa shape index (κ1) is 18.6. The zero-order chi connectivity index (χ0) is 17.6. The van der Waals surface area contributed by atoms with E-state index in [9.17, 15) is 14.4 Å². The first-order valence-electron chi connectivity index (χ1n) is 8.50. The van der Waals surface area contributed by atoms with Gasteiger partial charge in [-0.2, -0.15) is 0 Å². The molecule has 26 heavy (non-hydrogen) atoms. The number of amides is 1. The Kier molecular flexibility index (Phi) is 5.17. The van der Waals surface area contributed by atoms with Gasteiger partial charge in [0.05, 0.1) is 29.7 Å². The van der Waals surface area contributed by atoms with E-state index in [0.29, 0.717) is 42.7 Å². The van der Waals surface area contributed by atoms with Crippen LogP contribution in [0.5, 0.6) is 0 Å². The topological polar surface area (TPSA) is 96.4 Å². The van der Waals surface area contributed by atoms with Gasteiger partial charge in [-0.1, -0.05) is 0 Å². The molecule has 2 aromatic rings. The van der Waals surface area contributed by atoms with Crippen LogP contribution in [0, 0.1) is 0 Å². The molecule has 3 heterocycles. The number of H-pyrrole nitrogens is 1. The fourth-order valence-electron chi connectivity index (χ4n) is 3.68. The van der Waals surface area contributed by atoms with Crippen LogP contribution in [0.3, 0.4) is 0 Å². The maximum Gasteiger partial charge on any atom is 0.328 e. The first-order valence-corrected chi connectivity index (χ1v) is 8.50. The Balaban J connectivity index is 0.00000196. The van der Waals surface area contributed by atoms with Gasteiger partial charge in [0, 0.05) is 31.7 Å². The Bertz CT molecular complexity index is 954. The average molecular weight is 381 g/mol. The number of hydrogen-bond acceptors (Lipinski definition) is 5. The number of halogens is 1. The molecule has 0 saturated carbocycles. The van der Waals surface area contributed by atoms with E-state index in [4.69, 9.17) is 4.74 Å². The SMILES string of the molecule is CCn1c(=O)[nH]c2cc(C(=O)N3CCO[C@H]4CNC[C@H]43)ccc2c1=O.Cl. The molecule has 2 saturated heterocycles. The predicted octanol–water partition coefficient (Wildman–Crippen LogP) is -0.0557. The van der Waals surface area contributed by atoms with Gasteiger partial charge in [-0.15, -0.1) is 12.4 Å². The van der Waals surface area contributed by atoms with Crippen LogP contribution >= 0.6 is 12.4 Å². The summed E-state index contributed by atoms with van der Waals surface area (Å²) < 4.78 is 6.84. The maximum atomic E-state index is 12.9. The van der Waals surface area contributed by atoms with E-state index < -0.39 is 5.69 Å². The Hall–Kier alpha value is -2.16. The minimum Gasteiger partial charge on any atom is -0.373 e. The van der Waals surface area contributed by atoms with Gasteiger partial charge in [-0.25, -0.2) is 4.79 Å². The molecule has 0 aliphatic carbocycles. The number of ether oxygens (including phenoxy) is 1. The number of benzene rings is 1. The second-order valence-corrected chi connectivity index (χ2v) is 6.37. The smallest absolute Gasteiger partial charge is 0.328 e. The van der Waals surface area contributed by atoms with Crippen molar-refractivity contribution in [3.8, 4) is 0 Å². The highest BCUT2D eigenvalue weighted by Gasteiger charge is 2.38. The standard InChI is InChI=1S/C17H20N4O4.ClH/c1-2-20-16(23)11-4-3-10(7-12(11)19-17(20)24)15(22)21-5-6-25-14-9-18-8-13(14)21;/h3-4,7,13-14,18H,2,5-6,8-9H2,1H3,(H,19,24);1H/t13-,14+;/m1./s1. The number of fused-ring (bicyclic) bond motifs is 2. The van der Waals surface area contributed by atoms with Crippen LogP contribution in [0.4, 0.5) is 0 Å². The summed E-state index contributed by atoms with van der Waals surface area (Å²) in [7, 11) is 0. The van der Waals surface area contributed by atoms with Crippen molar-refractivity contribution >= 4 is 29.2 Å². The van der Waals surface area contributed by atoms with E-state index in [1.165, 1.54) is 0 Å². The van der Waals surface area contributed by atoms with Crippen molar-refractivity contribution in [2.75, 3.05) is 26.2 Å². The molecule has 0 radical (unpaired) electrons. The van der Waals surface area contributed by atoms with Crippen LogP contribution in [-0.4, -0.2) is 58.7 Å². The largest absolute Gasteiger partial charge is 0.373 e. The fourth-order valence-corrected chi connectivity index (χ4v) is 3.68. The average Bonchev–Trinajstić information content (AvgIpc) is 3.09. The normalized spacial score (nSPS) is 22.1. The van der Waals surface area contributed by atoms with E-state index in [1.807, 2.05) is 4.90 Å². The molecule has 0 spiro atoms. The predicted molar refractivity (Wildman–Crippen MR) is 99.2 cm³/mol. The molecule has 2 aliphatic heterocycles. The van der Waals surface area contributed by atoms with Gasteiger partial charge in [-0.3, -0.25) is 14.2 Å². The molecule has 2 N–H and O–H groups in total. The third-order valence-electron chi connectivity index (χ3n) is 5.00. The molecule has 2 aliphatic rings. The summed E-state index contributed by atoms with van der Waals surface area (Å²) in [6, 6.07) is 4.87. The number of rotatable bonds is 2. The first-order chi connectivity index (χ1) is 12.1. The number of aromatic amines is 1. The zero-order valence-electron chi connectivity index (χ0n) is 14.4. The summed E-state index contributed by atoms with van der Waals surface area (Å²) in [4.78, 5) is 41.8. The summed E-state index contributed by atoms with van der Waals surface area (Å²) in [6.07, 6.45) is 0.0229. The van der Waals surface area contributed by atoms with Crippen LogP contribution in [0.1, 0.15) is 17.3 Å². The summed E-state index contributed by atoms with van der Waals surface area (Å²) in [5, 5.41) is 3.65. The molecular weight excluding hydrogens is 360 g/mol. The van der Waals surface area contributed by atoms with Gasteiger partial charge in [0.2, 0.25) is 0 Å². The summed E-state index contributed by atoms with van der Waals surface area (Å²) >= 11 is 0. The molecule has 140 valence electrons. The van der Waals surface area contributed by atoms with Crippen molar-refractivity contribution in [3.05, 3.63) is 44.6 Å². The second kappa shape index (κ2) is 7.22. The number of aromatic nitrogens is 2. The zero-order valence-corrected chi connectivity index (χ0v) is 15.2. The lowest BCUT2D eigenvalue weighted by Crippen LogP contribution is -2.53. The molecule has 1 amide bonds. The highest BCUT2D eigenvalue weighted by atomic mass is 35.5. The molecule has 2 fully saturated rings. The molecule has 2 atom stereocenters. The molecule has 9 heteroatoms. The summed E-state index contributed by atoms with van der Waals surface area (Å²) in [6.45, 7) is 4.55. The van der Waals surface area contributed by atoms with Gasteiger partial charge in [0.1, 0.15) is 0 Å². The minimum absolute atomic E-state index is 0. The van der Waals surface area contributed by atoms with E-state index >= 15 is 0 Å². The van der Waals surface area contributed by atoms with E-state index in [-0.39, 0.29) is 36.0 Å². The molecule has 4 rings (SSSR count). The van der Waals surface area contributed by atoms with Crippen LogP contribution in [0.2, 0.25) is 0 Å². The lowest BCUT2D eigenvalue weighted by Gasteiger charge is -2.37. The van der Waals surface area contributed by atoms with Gasteiger partial charge in [0.25, 0.3) is 11.5 Å². The quantitative estimate of drug-likeness (QED) is 0.761. The number of nitrogens with zero attached hydrogens (tertiary/aromatic N) is 2. The van der Waals surface area contributed by atoms with E-state index in [1.54, 1.807) is 25.1 Å². The monoisotopic (exact) mass is 380 g/mol. The highest BCUT2D eigenvalue weighted by molar-refractivity contribution is 5.98. The Morgan fingerprint density at radius 3 is 2.88 bits per heavy atom. The van der Waals surface area contributed by atoms with Gasteiger partial charge in [-0.05, 0) is 25.1 Å². The fraction of sp³-hybridized carbons (Fsp3) is 0.471. The molecule has 0 bridgehead atoms.